The molecule has 2 aromatic heterocycles. The average molecular weight is 343 g/mol. The molecule has 0 aliphatic carbocycles. The Kier molecular flexibility index (Phi) is 4.43. The number of benzene rings is 2. The smallest absolute Gasteiger partial charge is 0.225 e. The van der Waals surface area contributed by atoms with Crippen molar-refractivity contribution in [2.24, 2.45) is 0 Å². The lowest BCUT2D eigenvalue weighted by Crippen LogP contribution is -2.13. The number of nitrogens with zero attached hydrogens (tertiary/aromatic N) is 2. The van der Waals surface area contributed by atoms with Crippen LogP contribution in [0.3, 0.4) is 0 Å². The summed E-state index contributed by atoms with van der Waals surface area (Å²) in [6.45, 7) is 0. The van der Waals surface area contributed by atoms with Gasteiger partial charge in [0, 0.05) is 22.9 Å². The fourth-order valence-electron chi connectivity index (χ4n) is 2.85. The van der Waals surface area contributed by atoms with Crippen LogP contribution in [-0.4, -0.2) is 16.0 Å². The van der Waals surface area contributed by atoms with Crippen molar-refractivity contribution in [1.82, 2.24) is 10.1 Å². The maximum absolute atomic E-state index is 12.3. The van der Waals surface area contributed by atoms with Crippen molar-refractivity contribution in [2.75, 3.05) is 5.32 Å². The predicted octanol–water partition coefficient (Wildman–Crippen LogP) is 4.46. The lowest BCUT2D eigenvalue weighted by Gasteiger charge is -2.06. The maximum Gasteiger partial charge on any atom is 0.225 e. The van der Waals surface area contributed by atoms with E-state index in [-0.39, 0.29) is 5.91 Å². The van der Waals surface area contributed by atoms with Gasteiger partial charge >= 0.3 is 0 Å². The van der Waals surface area contributed by atoms with E-state index in [2.05, 4.69) is 15.5 Å². The van der Waals surface area contributed by atoms with E-state index in [1.807, 2.05) is 66.7 Å². The van der Waals surface area contributed by atoms with Crippen LogP contribution in [0.25, 0.3) is 22.2 Å². The van der Waals surface area contributed by atoms with Crippen molar-refractivity contribution < 1.29 is 9.32 Å². The molecular formula is C21H17N3O2. The van der Waals surface area contributed by atoms with Crippen molar-refractivity contribution in [3.63, 3.8) is 0 Å². The highest BCUT2D eigenvalue weighted by Crippen LogP contribution is 2.24. The third kappa shape index (κ3) is 3.47. The van der Waals surface area contributed by atoms with E-state index >= 15 is 0 Å². The second kappa shape index (κ2) is 7.19. The molecule has 4 rings (SSSR count). The van der Waals surface area contributed by atoms with Gasteiger partial charge in [0.25, 0.3) is 0 Å². The van der Waals surface area contributed by atoms with Gasteiger partial charge in [0.15, 0.2) is 5.76 Å². The van der Waals surface area contributed by atoms with Gasteiger partial charge in [0.1, 0.15) is 5.82 Å². The van der Waals surface area contributed by atoms with E-state index in [0.29, 0.717) is 24.4 Å². The number of carbonyl (C=O) groups is 1. The number of anilines is 1. The summed E-state index contributed by atoms with van der Waals surface area (Å²) in [6, 6.07) is 21.3. The third-order valence-corrected chi connectivity index (χ3v) is 4.17. The van der Waals surface area contributed by atoms with Crippen LogP contribution in [0.4, 0.5) is 5.82 Å². The van der Waals surface area contributed by atoms with Crippen molar-refractivity contribution in [1.29, 1.82) is 0 Å². The molecule has 4 aromatic rings. The van der Waals surface area contributed by atoms with Crippen molar-refractivity contribution in [3.8, 4) is 11.3 Å². The number of carbonyl (C=O) groups excluding carboxylic acids is 1. The number of para-hydroxylation sites is 1. The molecule has 0 fully saturated rings. The molecule has 128 valence electrons. The number of fused-ring (bicyclic) bond motifs is 1. The Balaban J connectivity index is 1.42. The minimum atomic E-state index is -0.0898. The van der Waals surface area contributed by atoms with E-state index < -0.39 is 0 Å². The zero-order valence-corrected chi connectivity index (χ0v) is 14.1. The molecule has 2 heterocycles. The molecule has 5 heteroatoms. The SMILES string of the molecule is O=C(CCc1cnoc1-c1ccccc1)Nc1ccc2ccccc2n1. The van der Waals surface area contributed by atoms with Crippen LogP contribution in [0.15, 0.2) is 77.4 Å². The molecule has 0 aliphatic heterocycles. The molecule has 1 amide bonds. The molecular weight excluding hydrogens is 326 g/mol. The predicted molar refractivity (Wildman–Crippen MR) is 101 cm³/mol. The van der Waals surface area contributed by atoms with E-state index in [0.717, 1.165) is 22.0 Å². The normalized spacial score (nSPS) is 10.8. The summed E-state index contributed by atoms with van der Waals surface area (Å²) in [5, 5.41) is 7.77. The van der Waals surface area contributed by atoms with Crippen LogP contribution in [0.2, 0.25) is 0 Å². The molecule has 0 radical (unpaired) electrons. The van der Waals surface area contributed by atoms with Gasteiger partial charge in [-0.15, -0.1) is 0 Å². The number of hydrogen-bond acceptors (Lipinski definition) is 4. The Morgan fingerprint density at radius 3 is 2.65 bits per heavy atom. The number of hydrogen-bond donors (Lipinski definition) is 1. The van der Waals surface area contributed by atoms with Gasteiger partial charge in [0.05, 0.1) is 11.7 Å². The second-order valence-electron chi connectivity index (χ2n) is 5.98. The minimum Gasteiger partial charge on any atom is -0.356 e. The average Bonchev–Trinajstić information content (AvgIpc) is 3.16. The molecule has 0 aliphatic rings. The Bertz CT molecular complexity index is 1040. The Hall–Kier alpha value is -3.47. The lowest BCUT2D eigenvalue weighted by molar-refractivity contribution is -0.116. The van der Waals surface area contributed by atoms with Gasteiger partial charge in [0.2, 0.25) is 5.91 Å². The van der Waals surface area contributed by atoms with E-state index in [4.69, 9.17) is 4.52 Å². The highest BCUT2D eigenvalue weighted by molar-refractivity contribution is 5.91. The summed E-state index contributed by atoms with van der Waals surface area (Å²) >= 11 is 0. The third-order valence-electron chi connectivity index (χ3n) is 4.17. The summed E-state index contributed by atoms with van der Waals surface area (Å²) < 4.78 is 5.36. The molecule has 0 spiro atoms. The zero-order valence-electron chi connectivity index (χ0n) is 14.1. The molecule has 0 atom stereocenters. The summed E-state index contributed by atoms with van der Waals surface area (Å²) in [4.78, 5) is 16.8. The van der Waals surface area contributed by atoms with Gasteiger partial charge in [-0.25, -0.2) is 4.98 Å². The Morgan fingerprint density at radius 2 is 1.77 bits per heavy atom. The standard InChI is InChI=1S/C21H17N3O2/c25-20(24-19-12-10-15-6-4-5-9-18(15)23-19)13-11-17-14-22-26-21(17)16-7-2-1-3-8-16/h1-10,12,14H,11,13H2,(H,23,24,25). The highest BCUT2D eigenvalue weighted by Gasteiger charge is 2.12. The molecule has 0 saturated carbocycles. The Labute approximate surface area is 150 Å². The summed E-state index contributed by atoms with van der Waals surface area (Å²) in [5.74, 6) is 1.18. The first-order valence-corrected chi connectivity index (χ1v) is 8.44. The largest absolute Gasteiger partial charge is 0.356 e. The van der Waals surface area contributed by atoms with Crippen molar-refractivity contribution >= 4 is 22.6 Å². The molecule has 26 heavy (non-hydrogen) atoms. The zero-order chi connectivity index (χ0) is 17.8. The van der Waals surface area contributed by atoms with Crippen LogP contribution in [0.1, 0.15) is 12.0 Å². The second-order valence-corrected chi connectivity index (χ2v) is 5.98. The minimum absolute atomic E-state index is 0.0898. The number of aromatic nitrogens is 2. The lowest BCUT2D eigenvalue weighted by atomic mass is 10.1. The van der Waals surface area contributed by atoms with Crippen molar-refractivity contribution in [2.45, 2.75) is 12.8 Å². The topological polar surface area (TPSA) is 68.0 Å². The first-order chi connectivity index (χ1) is 12.8. The fourth-order valence-corrected chi connectivity index (χ4v) is 2.85. The van der Waals surface area contributed by atoms with Crippen LogP contribution in [-0.2, 0) is 11.2 Å². The maximum atomic E-state index is 12.3. The quantitative estimate of drug-likeness (QED) is 0.581. The fraction of sp³-hybridized carbons (Fsp3) is 0.0952. The molecule has 0 bridgehead atoms. The number of nitrogens with one attached hydrogen (secondary N) is 1. The number of pyridine rings is 1. The molecule has 0 unspecified atom stereocenters. The van der Waals surface area contributed by atoms with E-state index in [1.54, 1.807) is 6.20 Å². The van der Waals surface area contributed by atoms with Crippen LogP contribution in [0.5, 0.6) is 0 Å². The van der Waals surface area contributed by atoms with Gasteiger partial charge < -0.3 is 9.84 Å². The van der Waals surface area contributed by atoms with Gasteiger partial charge in [-0.2, -0.15) is 0 Å². The number of aryl methyl sites for hydroxylation is 1. The highest BCUT2D eigenvalue weighted by atomic mass is 16.5. The summed E-state index contributed by atoms with van der Waals surface area (Å²) in [7, 11) is 0. The summed E-state index contributed by atoms with van der Waals surface area (Å²) in [6.07, 6.45) is 2.55. The van der Waals surface area contributed by atoms with Crippen LogP contribution < -0.4 is 5.32 Å². The number of amides is 1. The monoisotopic (exact) mass is 343 g/mol. The molecule has 2 aromatic carbocycles. The van der Waals surface area contributed by atoms with Crippen LogP contribution >= 0.6 is 0 Å². The Morgan fingerprint density at radius 1 is 0.962 bits per heavy atom. The van der Waals surface area contributed by atoms with E-state index in [1.165, 1.54) is 0 Å². The van der Waals surface area contributed by atoms with Gasteiger partial charge in [-0.05, 0) is 24.6 Å². The first kappa shape index (κ1) is 16.0. The van der Waals surface area contributed by atoms with Gasteiger partial charge in [-0.3, -0.25) is 4.79 Å². The molecule has 5 nitrogen and oxygen atoms in total. The van der Waals surface area contributed by atoms with Gasteiger partial charge in [-0.1, -0.05) is 53.7 Å². The first-order valence-electron chi connectivity index (χ1n) is 8.44. The number of rotatable bonds is 5. The molecule has 0 saturated heterocycles. The van der Waals surface area contributed by atoms with E-state index in [9.17, 15) is 4.79 Å². The van der Waals surface area contributed by atoms with Crippen molar-refractivity contribution in [3.05, 3.63) is 78.5 Å². The summed E-state index contributed by atoms with van der Waals surface area (Å²) in [5.41, 5.74) is 2.73. The van der Waals surface area contributed by atoms with Crippen LogP contribution in [0, 0.1) is 0 Å². The molecule has 1 N–H and O–H groups in total.